The van der Waals surface area contributed by atoms with Gasteiger partial charge in [-0.3, -0.25) is 14.9 Å². The van der Waals surface area contributed by atoms with Crippen LogP contribution in [0.2, 0.25) is 10.0 Å². The highest BCUT2D eigenvalue weighted by Crippen LogP contribution is 2.38. The average Bonchev–Trinajstić information content (AvgIpc) is 2.27. The van der Waals surface area contributed by atoms with Crippen LogP contribution in [0, 0.1) is 5.92 Å². The van der Waals surface area contributed by atoms with Gasteiger partial charge in [0.1, 0.15) is 0 Å². The molecule has 0 saturated carbocycles. The normalized spacial score (nSPS) is 24.6. The summed E-state index contributed by atoms with van der Waals surface area (Å²) in [5.41, 5.74) is 0.759. The summed E-state index contributed by atoms with van der Waals surface area (Å²) >= 11 is 12.0. The van der Waals surface area contributed by atoms with Crippen molar-refractivity contribution < 1.29 is 9.59 Å². The van der Waals surface area contributed by atoms with E-state index in [1.54, 1.807) is 25.1 Å². The standard InChI is InChI=1S/C12H11Cl2NO2/c1-6-8(5-10(16)15-12(6)17)7-3-2-4-9(13)11(7)14/h2-4,6,8H,5H2,1H3,(H,15,16,17). The molecule has 1 N–H and O–H groups in total. The molecule has 0 aromatic heterocycles. The van der Waals surface area contributed by atoms with Gasteiger partial charge in [0, 0.05) is 18.3 Å². The first kappa shape index (κ1) is 12.4. The number of rotatable bonds is 1. The van der Waals surface area contributed by atoms with E-state index in [2.05, 4.69) is 5.32 Å². The molecule has 0 bridgehead atoms. The Kier molecular flexibility index (Phi) is 3.40. The number of halogens is 2. The van der Waals surface area contributed by atoms with Crippen LogP contribution >= 0.6 is 23.2 Å². The Morgan fingerprint density at radius 1 is 1.29 bits per heavy atom. The van der Waals surface area contributed by atoms with Gasteiger partial charge < -0.3 is 0 Å². The summed E-state index contributed by atoms with van der Waals surface area (Å²) in [7, 11) is 0. The zero-order chi connectivity index (χ0) is 12.6. The smallest absolute Gasteiger partial charge is 0.230 e. The minimum atomic E-state index is -0.288. The highest BCUT2D eigenvalue weighted by Gasteiger charge is 2.34. The van der Waals surface area contributed by atoms with Crippen molar-refractivity contribution in [1.29, 1.82) is 0 Å². The molecule has 5 heteroatoms. The zero-order valence-electron chi connectivity index (χ0n) is 9.17. The molecule has 2 unspecified atom stereocenters. The van der Waals surface area contributed by atoms with Gasteiger partial charge in [0.15, 0.2) is 0 Å². The number of carbonyl (C=O) groups excluding carboxylic acids is 2. The van der Waals surface area contributed by atoms with Crippen LogP contribution in [0.4, 0.5) is 0 Å². The number of imide groups is 1. The van der Waals surface area contributed by atoms with Crippen LogP contribution in [-0.4, -0.2) is 11.8 Å². The molecule has 0 spiro atoms. The number of hydrogen-bond acceptors (Lipinski definition) is 2. The third kappa shape index (κ3) is 2.31. The fourth-order valence-electron chi connectivity index (χ4n) is 2.05. The molecule has 1 aliphatic heterocycles. The minimum Gasteiger partial charge on any atom is -0.296 e. The molecule has 1 aromatic rings. The first-order valence-electron chi connectivity index (χ1n) is 5.28. The first-order chi connectivity index (χ1) is 8.00. The molecular formula is C12H11Cl2NO2. The van der Waals surface area contributed by atoms with Gasteiger partial charge in [0.25, 0.3) is 0 Å². The molecule has 1 fully saturated rings. The quantitative estimate of drug-likeness (QED) is 0.799. The topological polar surface area (TPSA) is 46.2 Å². The van der Waals surface area contributed by atoms with Crippen molar-refractivity contribution in [2.45, 2.75) is 19.3 Å². The lowest BCUT2D eigenvalue weighted by Crippen LogP contribution is -2.43. The highest BCUT2D eigenvalue weighted by atomic mass is 35.5. The predicted octanol–water partition coefficient (Wildman–Crippen LogP) is 2.76. The van der Waals surface area contributed by atoms with Crippen LogP contribution in [0.5, 0.6) is 0 Å². The van der Waals surface area contributed by atoms with E-state index in [0.717, 1.165) is 5.56 Å². The van der Waals surface area contributed by atoms with Gasteiger partial charge in [-0.1, -0.05) is 42.3 Å². The third-order valence-corrected chi connectivity index (χ3v) is 3.90. The summed E-state index contributed by atoms with van der Waals surface area (Å²) in [6, 6.07) is 5.26. The van der Waals surface area contributed by atoms with Crippen LogP contribution in [0.15, 0.2) is 18.2 Å². The maximum absolute atomic E-state index is 11.6. The Morgan fingerprint density at radius 2 is 2.00 bits per heavy atom. The van der Waals surface area contributed by atoms with Crippen molar-refractivity contribution in [2.24, 2.45) is 5.92 Å². The number of amides is 2. The highest BCUT2D eigenvalue weighted by molar-refractivity contribution is 6.42. The Balaban J connectivity index is 2.41. The summed E-state index contributed by atoms with van der Waals surface area (Å²) in [6.07, 6.45) is 0.257. The second-order valence-electron chi connectivity index (χ2n) is 4.15. The van der Waals surface area contributed by atoms with E-state index in [4.69, 9.17) is 23.2 Å². The van der Waals surface area contributed by atoms with Gasteiger partial charge in [-0.25, -0.2) is 0 Å². The molecule has 2 atom stereocenters. The van der Waals surface area contributed by atoms with E-state index >= 15 is 0 Å². The largest absolute Gasteiger partial charge is 0.296 e. The van der Waals surface area contributed by atoms with Crippen molar-refractivity contribution in [3.05, 3.63) is 33.8 Å². The third-order valence-electron chi connectivity index (χ3n) is 3.07. The summed E-state index contributed by atoms with van der Waals surface area (Å²) in [5.74, 6) is -1.03. The van der Waals surface area contributed by atoms with Crippen molar-refractivity contribution in [3.8, 4) is 0 Å². The van der Waals surface area contributed by atoms with Gasteiger partial charge >= 0.3 is 0 Å². The molecule has 2 amide bonds. The molecule has 1 aromatic carbocycles. The second-order valence-corrected chi connectivity index (χ2v) is 4.94. The van der Waals surface area contributed by atoms with Gasteiger partial charge in [0.2, 0.25) is 11.8 Å². The van der Waals surface area contributed by atoms with E-state index in [1.165, 1.54) is 0 Å². The van der Waals surface area contributed by atoms with Crippen molar-refractivity contribution in [2.75, 3.05) is 0 Å². The van der Waals surface area contributed by atoms with Gasteiger partial charge in [-0.2, -0.15) is 0 Å². The minimum absolute atomic E-state index is 0.206. The molecule has 3 nitrogen and oxygen atoms in total. The second kappa shape index (κ2) is 4.67. The van der Waals surface area contributed by atoms with Crippen molar-refractivity contribution in [1.82, 2.24) is 5.32 Å². The number of nitrogens with one attached hydrogen (secondary N) is 1. The maximum Gasteiger partial charge on any atom is 0.230 e. The van der Waals surface area contributed by atoms with Crippen LogP contribution in [0.25, 0.3) is 0 Å². The fourth-order valence-corrected chi connectivity index (χ4v) is 2.50. The Hall–Kier alpha value is -1.06. The zero-order valence-corrected chi connectivity index (χ0v) is 10.7. The number of hydrogen-bond donors (Lipinski definition) is 1. The Morgan fingerprint density at radius 3 is 2.71 bits per heavy atom. The van der Waals surface area contributed by atoms with E-state index in [9.17, 15) is 9.59 Å². The molecular weight excluding hydrogens is 261 g/mol. The van der Waals surface area contributed by atoms with E-state index in [-0.39, 0.29) is 30.1 Å². The number of carbonyl (C=O) groups is 2. The molecule has 1 saturated heterocycles. The molecule has 0 radical (unpaired) electrons. The van der Waals surface area contributed by atoms with Crippen LogP contribution in [0.3, 0.4) is 0 Å². The lowest BCUT2D eigenvalue weighted by molar-refractivity contribution is -0.136. The molecule has 0 aliphatic carbocycles. The predicted molar refractivity (Wildman–Crippen MR) is 66.1 cm³/mol. The fraction of sp³-hybridized carbons (Fsp3) is 0.333. The summed E-state index contributed by atoms with van der Waals surface area (Å²) in [6.45, 7) is 1.78. The van der Waals surface area contributed by atoms with Crippen LogP contribution in [0.1, 0.15) is 24.8 Å². The van der Waals surface area contributed by atoms with Gasteiger partial charge in [-0.15, -0.1) is 0 Å². The Labute approximate surface area is 109 Å². The van der Waals surface area contributed by atoms with Crippen LogP contribution in [-0.2, 0) is 9.59 Å². The van der Waals surface area contributed by atoms with E-state index in [1.807, 2.05) is 0 Å². The molecule has 2 rings (SSSR count). The van der Waals surface area contributed by atoms with Crippen molar-refractivity contribution in [3.63, 3.8) is 0 Å². The average molecular weight is 272 g/mol. The number of piperidine rings is 1. The van der Waals surface area contributed by atoms with Crippen molar-refractivity contribution >= 4 is 35.0 Å². The lowest BCUT2D eigenvalue weighted by Gasteiger charge is -2.28. The summed E-state index contributed by atoms with van der Waals surface area (Å²) < 4.78 is 0. The lowest BCUT2D eigenvalue weighted by atomic mass is 9.81. The monoisotopic (exact) mass is 271 g/mol. The first-order valence-corrected chi connectivity index (χ1v) is 6.04. The van der Waals surface area contributed by atoms with E-state index < -0.39 is 0 Å². The molecule has 17 heavy (non-hydrogen) atoms. The van der Waals surface area contributed by atoms with Gasteiger partial charge in [0.05, 0.1) is 10.0 Å². The summed E-state index contributed by atoms with van der Waals surface area (Å²) in [4.78, 5) is 23.0. The molecule has 1 heterocycles. The molecule has 90 valence electrons. The SMILES string of the molecule is CC1C(=O)NC(=O)CC1c1cccc(Cl)c1Cl. The van der Waals surface area contributed by atoms with Gasteiger partial charge in [-0.05, 0) is 11.6 Å². The summed E-state index contributed by atoms with van der Waals surface area (Å²) in [5, 5.41) is 3.17. The maximum atomic E-state index is 11.6. The van der Waals surface area contributed by atoms with E-state index in [0.29, 0.717) is 10.0 Å². The molecule has 1 aliphatic rings. The number of benzene rings is 1. The Bertz CT molecular complexity index is 487. The van der Waals surface area contributed by atoms with Crippen LogP contribution < -0.4 is 5.32 Å².